The molecular formula is C12H27BrOSi. The van der Waals surface area contributed by atoms with E-state index in [1.165, 1.54) is 38.5 Å². The van der Waals surface area contributed by atoms with Crippen LogP contribution < -0.4 is 0 Å². The molecule has 0 fully saturated rings. The van der Waals surface area contributed by atoms with Gasteiger partial charge in [0.25, 0.3) is 0 Å². The van der Waals surface area contributed by atoms with Crippen LogP contribution in [0.4, 0.5) is 0 Å². The second-order valence-corrected chi connectivity index (χ2v) is 6.55. The van der Waals surface area contributed by atoms with Crippen LogP contribution in [0.15, 0.2) is 0 Å². The van der Waals surface area contributed by atoms with Gasteiger partial charge in [0.05, 0.1) is 5.60 Å². The molecular weight excluding hydrogens is 268 g/mol. The van der Waals surface area contributed by atoms with E-state index in [9.17, 15) is 0 Å². The summed E-state index contributed by atoms with van der Waals surface area (Å²) in [5.41, 5.74) is 0.182. The highest BCUT2D eigenvalue weighted by molar-refractivity contribution is 9.09. The highest BCUT2D eigenvalue weighted by Gasteiger charge is 2.29. The molecule has 0 aliphatic carbocycles. The molecule has 0 aromatic carbocycles. The van der Waals surface area contributed by atoms with Gasteiger partial charge in [0.2, 0.25) is 0 Å². The first-order valence-corrected chi connectivity index (χ1v) is 8.02. The maximum Gasteiger partial charge on any atom is 0.146 e. The Morgan fingerprint density at radius 3 is 1.93 bits per heavy atom. The van der Waals surface area contributed by atoms with E-state index in [2.05, 4.69) is 36.7 Å². The molecule has 0 aromatic heterocycles. The van der Waals surface area contributed by atoms with Crippen LogP contribution in [0.1, 0.15) is 65.7 Å². The van der Waals surface area contributed by atoms with Crippen molar-refractivity contribution in [3.63, 3.8) is 0 Å². The molecule has 0 radical (unpaired) electrons. The van der Waals surface area contributed by atoms with Gasteiger partial charge in [-0.3, -0.25) is 0 Å². The zero-order valence-electron chi connectivity index (χ0n) is 10.8. The third-order valence-corrected chi connectivity index (χ3v) is 4.25. The molecule has 1 unspecified atom stereocenters. The lowest BCUT2D eigenvalue weighted by Crippen LogP contribution is -2.34. The van der Waals surface area contributed by atoms with E-state index < -0.39 is 0 Å². The monoisotopic (exact) mass is 294 g/mol. The Hall–Kier alpha value is 0.657. The number of hydrogen-bond donors (Lipinski definition) is 0. The summed E-state index contributed by atoms with van der Waals surface area (Å²) in [5, 5.41) is 0. The van der Waals surface area contributed by atoms with E-state index in [0.29, 0.717) is 4.83 Å². The second-order valence-electron chi connectivity index (χ2n) is 4.58. The first-order valence-electron chi connectivity index (χ1n) is 6.29. The molecule has 1 nitrogen and oxygen atoms in total. The molecule has 15 heavy (non-hydrogen) atoms. The van der Waals surface area contributed by atoms with Gasteiger partial charge in [0.1, 0.15) is 10.5 Å². The molecule has 0 saturated carbocycles. The van der Waals surface area contributed by atoms with Crippen LogP contribution in [0.3, 0.4) is 0 Å². The first kappa shape index (κ1) is 15.7. The lowest BCUT2D eigenvalue weighted by Gasteiger charge is -2.34. The summed E-state index contributed by atoms with van der Waals surface area (Å²) in [6.07, 6.45) is 8.78. The number of hydrogen-bond acceptors (Lipinski definition) is 1. The summed E-state index contributed by atoms with van der Waals surface area (Å²) in [6, 6.07) is 0. The molecule has 0 amide bonds. The maximum absolute atomic E-state index is 5.96. The number of rotatable bonds is 9. The van der Waals surface area contributed by atoms with Gasteiger partial charge >= 0.3 is 0 Å². The van der Waals surface area contributed by atoms with Gasteiger partial charge < -0.3 is 4.43 Å². The minimum atomic E-state index is 0.182. The first-order chi connectivity index (χ1) is 7.10. The van der Waals surface area contributed by atoms with Crippen molar-refractivity contribution < 1.29 is 4.43 Å². The molecule has 0 spiro atoms. The van der Waals surface area contributed by atoms with Crippen molar-refractivity contribution >= 4 is 26.4 Å². The van der Waals surface area contributed by atoms with E-state index in [1.807, 2.05) is 0 Å². The summed E-state index contributed by atoms with van der Waals surface area (Å²) in [5.74, 6) is 0. The smallest absolute Gasteiger partial charge is 0.146 e. The van der Waals surface area contributed by atoms with Crippen LogP contribution in [-0.4, -0.2) is 20.9 Å². The highest BCUT2D eigenvalue weighted by atomic mass is 79.9. The van der Waals surface area contributed by atoms with Gasteiger partial charge in [-0.1, -0.05) is 62.4 Å². The average molecular weight is 295 g/mol. The number of unbranched alkanes of at least 4 members (excludes halogenated alkanes) is 2. The Morgan fingerprint density at radius 1 is 1.20 bits per heavy atom. The Bertz CT molecular complexity index is 143. The summed E-state index contributed by atoms with van der Waals surface area (Å²) in [7, 11) is 0.864. The SMILES string of the molecule is CCCCC(CCCC)(CC(C)Br)O[SiH3]. The molecule has 0 N–H and O–H groups in total. The minimum absolute atomic E-state index is 0.182. The predicted molar refractivity (Wildman–Crippen MR) is 75.8 cm³/mol. The van der Waals surface area contributed by atoms with E-state index in [1.54, 1.807) is 0 Å². The van der Waals surface area contributed by atoms with Crippen LogP contribution in [-0.2, 0) is 4.43 Å². The molecule has 92 valence electrons. The van der Waals surface area contributed by atoms with Crippen molar-refractivity contribution in [1.82, 2.24) is 0 Å². The fourth-order valence-electron chi connectivity index (χ4n) is 2.13. The Morgan fingerprint density at radius 2 is 1.67 bits per heavy atom. The highest BCUT2D eigenvalue weighted by Crippen LogP contribution is 2.31. The van der Waals surface area contributed by atoms with E-state index >= 15 is 0 Å². The Balaban J connectivity index is 4.30. The van der Waals surface area contributed by atoms with Crippen molar-refractivity contribution in [2.75, 3.05) is 0 Å². The van der Waals surface area contributed by atoms with Crippen molar-refractivity contribution in [2.45, 2.75) is 76.1 Å². The molecule has 0 aliphatic rings. The number of alkyl halides is 1. The lowest BCUT2D eigenvalue weighted by molar-refractivity contribution is 0.0473. The van der Waals surface area contributed by atoms with Gasteiger partial charge in [-0.05, 0) is 19.3 Å². The molecule has 0 rings (SSSR count). The maximum atomic E-state index is 5.96. The topological polar surface area (TPSA) is 9.23 Å². The quantitative estimate of drug-likeness (QED) is 0.467. The van der Waals surface area contributed by atoms with Crippen LogP contribution in [0, 0.1) is 0 Å². The molecule has 0 aromatic rings. The van der Waals surface area contributed by atoms with Gasteiger partial charge in [-0.2, -0.15) is 0 Å². The summed E-state index contributed by atoms with van der Waals surface area (Å²) < 4.78 is 5.96. The van der Waals surface area contributed by atoms with E-state index in [0.717, 1.165) is 16.9 Å². The van der Waals surface area contributed by atoms with Gasteiger partial charge in [-0.15, -0.1) is 0 Å². The largest absolute Gasteiger partial charge is 0.422 e. The Labute approximate surface area is 107 Å². The normalized spacial score (nSPS) is 14.4. The van der Waals surface area contributed by atoms with Crippen molar-refractivity contribution in [3.8, 4) is 0 Å². The van der Waals surface area contributed by atoms with E-state index in [4.69, 9.17) is 4.43 Å². The van der Waals surface area contributed by atoms with Crippen molar-refractivity contribution in [1.29, 1.82) is 0 Å². The lowest BCUT2D eigenvalue weighted by atomic mass is 9.87. The van der Waals surface area contributed by atoms with E-state index in [-0.39, 0.29) is 5.60 Å². The van der Waals surface area contributed by atoms with Gasteiger partial charge in [-0.25, -0.2) is 0 Å². The molecule has 0 bridgehead atoms. The average Bonchev–Trinajstić information content (AvgIpc) is 2.22. The summed E-state index contributed by atoms with van der Waals surface area (Å²) >= 11 is 3.67. The molecule has 0 heterocycles. The zero-order chi connectivity index (χ0) is 11.7. The Kier molecular flexibility index (Phi) is 9.15. The van der Waals surface area contributed by atoms with Crippen molar-refractivity contribution in [2.24, 2.45) is 0 Å². The molecule has 0 aliphatic heterocycles. The summed E-state index contributed by atoms with van der Waals surface area (Å²) in [6.45, 7) is 6.75. The van der Waals surface area contributed by atoms with Crippen LogP contribution in [0.25, 0.3) is 0 Å². The van der Waals surface area contributed by atoms with Gasteiger partial charge in [0.15, 0.2) is 0 Å². The molecule has 0 saturated heterocycles. The van der Waals surface area contributed by atoms with Crippen LogP contribution in [0.2, 0.25) is 0 Å². The molecule has 3 heteroatoms. The molecule has 1 atom stereocenters. The summed E-state index contributed by atoms with van der Waals surface area (Å²) in [4.78, 5) is 0.570. The fourth-order valence-corrected chi connectivity index (χ4v) is 3.29. The van der Waals surface area contributed by atoms with Crippen LogP contribution >= 0.6 is 15.9 Å². The van der Waals surface area contributed by atoms with Crippen molar-refractivity contribution in [3.05, 3.63) is 0 Å². The predicted octanol–water partition coefficient (Wildman–Crippen LogP) is 3.58. The van der Waals surface area contributed by atoms with Gasteiger partial charge in [0, 0.05) is 4.83 Å². The third kappa shape index (κ3) is 6.75. The number of halogens is 1. The minimum Gasteiger partial charge on any atom is -0.422 e. The zero-order valence-corrected chi connectivity index (χ0v) is 14.4. The standard InChI is InChI=1S/C12H27BrOSi/c1-4-6-8-12(14-15,9-7-5-2)10-11(3)13/h11H,4-10H2,1-3,15H3. The van der Waals surface area contributed by atoms with Crippen LogP contribution in [0.5, 0.6) is 0 Å². The third-order valence-electron chi connectivity index (χ3n) is 3.06. The fraction of sp³-hybridized carbons (Fsp3) is 1.00. The second kappa shape index (κ2) is 8.77.